The third kappa shape index (κ3) is 5.07. The molecule has 0 bridgehead atoms. The summed E-state index contributed by atoms with van der Waals surface area (Å²) >= 11 is 7.12. The summed E-state index contributed by atoms with van der Waals surface area (Å²) in [7, 11) is -2.89. The zero-order chi connectivity index (χ0) is 14.5. The Bertz CT molecular complexity index is 464. The van der Waals surface area contributed by atoms with Gasteiger partial charge in [-0.2, -0.15) is 5.10 Å². The number of rotatable bonds is 8. The zero-order valence-corrected chi connectivity index (χ0v) is 13.0. The number of thioether (sulfide) groups is 1. The predicted octanol–water partition coefficient (Wildman–Crippen LogP) is 0.979. The lowest BCUT2D eigenvalue weighted by molar-refractivity contribution is 0.0721. The Balaban J connectivity index is 2.55. The van der Waals surface area contributed by atoms with Gasteiger partial charge in [0.1, 0.15) is 10.0 Å². The molecule has 0 aliphatic carbocycles. The first-order chi connectivity index (χ1) is 8.88. The van der Waals surface area contributed by atoms with Gasteiger partial charge in [-0.3, -0.25) is 9.25 Å². The molecule has 19 heavy (non-hydrogen) atoms. The van der Waals surface area contributed by atoms with E-state index in [0.717, 1.165) is 0 Å². The zero-order valence-electron chi connectivity index (χ0n) is 10.6. The van der Waals surface area contributed by atoms with Crippen LogP contribution in [-0.4, -0.2) is 45.3 Å². The van der Waals surface area contributed by atoms with Gasteiger partial charge in [0.05, 0.1) is 19.2 Å². The minimum atomic E-state index is -4.45. The van der Waals surface area contributed by atoms with Gasteiger partial charge in [-0.1, -0.05) is 23.4 Å². The second kappa shape index (κ2) is 7.64. The number of hydrogen-bond donors (Lipinski definition) is 2. The van der Waals surface area contributed by atoms with Crippen molar-refractivity contribution in [2.24, 2.45) is 7.05 Å². The summed E-state index contributed by atoms with van der Waals surface area (Å²) in [6.07, 6.45) is 0. The van der Waals surface area contributed by atoms with Gasteiger partial charge in [0, 0.05) is 13.7 Å². The number of halogens is 1. The average Bonchev–Trinajstić information content (AvgIpc) is 2.60. The van der Waals surface area contributed by atoms with Gasteiger partial charge in [-0.05, 0) is 6.92 Å². The minimum Gasteiger partial charge on any atom is -0.379 e. The second-order valence-electron chi connectivity index (χ2n) is 3.48. The molecule has 0 aromatic carbocycles. The van der Waals surface area contributed by atoms with Crippen LogP contribution in [0.1, 0.15) is 6.92 Å². The SMILES string of the molecule is CCOCCOCSc1c(Cl)c(P(=O)(O)O)nn1C. The van der Waals surface area contributed by atoms with Crippen LogP contribution in [0.3, 0.4) is 0 Å². The van der Waals surface area contributed by atoms with Crippen molar-refractivity contribution in [1.29, 1.82) is 0 Å². The maximum absolute atomic E-state index is 11.1. The van der Waals surface area contributed by atoms with Crippen molar-refractivity contribution in [2.45, 2.75) is 11.9 Å². The van der Waals surface area contributed by atoms with E-state index in [2.05, 4.69) is 5.10 Å². The first kappa shape index (κ1) is 17.0. The Morgan fingerprint density at radius 2 is 2.05 bits per heavy atom. The standard InChI is InChI=1S/C9H16ClN2O5PS/c1-3-16-4-5-17-6-19-9-7(10)8(11-12(9)2)18(13,14)15/h3-6H2,1-2H3,(H2,13,14,15). The van der Waals surface area contributed by atoms with Crippen LogP contribution in [0.2, 0.25) is 5.02 Å². The molecule has 110 valence electrons. The molecule has 0 fully saturated rings. The first-order valence-corrected chi connectivity index (χ1v) is 8.42. The van der Waals surface area contributed by atoms with Crippen LogP contribution >= 0.6 is 31.0 Å². The lowest BCUT2D eigenvalue weighted by atomic mass is 10.7. The molecule has 0 saturated heterocycles. The van der Waals surface area contributed by atoms with E-state index in [9.17, 15) is 4.57 Å². The lowest BCUT2D eigenvalue weighted by Gasteiger charge is -2.05. The van der Waals surface area contributed by atoms with Crippen molar-refractivity contribution in [1.82, 2.24) is 9.78 Å². The minimum absolute atomic E-state index is 0.0331. The van der Waals surface area contributed by atoms with Gasteiger partial charge >= 0.3 is 7.60 Å². The number of hydrogen-bond acceptors (Lipinski definition) is 5. The molecule has 10 heteroatoms. The summed E-state index contributed by atoms with van der Waals surface area (Å²) in [4.78, 5) is 18.1. The van der Waals surface area contributed by atoms with E-state index in [4.69, 9.17) is 30.9 Å². The van der Waals surface area contributed by atoms with Crippen LogP contribution in [0.4, 0.5) is 0 Å². The topological polar surface area (TPSA) is 93.8 Å². The molecule has 0 aliphatic rings. The molecule has 0 aliphatic heterocycles. The summed E-state index contributed by atoms with van der Waals surface area (Å²) in [5, 5.41) is 4.15. The van der Waals surface area contributed by atoms with E-state index in [1.165, 1.54) is 16.4 Å². The Hall–Kier alpha value is -0.0800. The Morgan fingerprint density at radius 1 is 1.42 bits per heavy atom. The van der Waals surface area contributed by atoms with Gasteiger partial charge < -0.3 is 19.3 Å². The van der Waals surface area contributed by atoms with E-state index in [1.807, 2.05) is 6.92 Å². The van der Waals surface area contributed by atoms with Crippen LogP contribution in [0.5, 0.6) is 0 Å². The monoisotopic (exact) mass is 330 g/mol. The fourth-order valence-corrected chi connectivity index (χ4v) is 3.34. The number of aromatic nitrogens is 2. The molecule has 0 saturated carbocycles. The van der Waals surface area contributed by atoms with Gasteiger partial charge in [0.2, 0.25) is 0 Å². The van der Waals surface area contributed by atoms with Crippen molar-refractivity contribution in [2.75, 3.05) is 25.8 Å². The van der Waals surface area contributed by atoms with Gasteiger partial charge in [-0.25, -0.2) is 0 Å². The van der Waals surface area contributed by atoms with E-state index >= 15 is 0 Å². The highest BCUT2D eigenvalue weighted by molar-refractivity contribution is 7.99. The Labute approximate surface area is 120 Å². The highest BCUT2D eigenvalue weighted by atomic mass is 35.5. The molecular weight excluding hydrogens is 315 g/mol. The quantitative estimate of drug-likeness (QED) is 0.317. The summed E-state index contributed by atoms with van der Waals surface area (Å²) in [5.41, 5.74) is -0.409. The Kier molecular flexibility index (Phi) is 6.82. The molecule has 1 aromatic heterocycles. The molecule has 0 unspecified atom stereocenters. The van der Waals surface area contributed by atoms with Crippen molar-refractivity contribution in [3.63, 3.8) is 0 Å². The van der Waals surface area contributed by atoms with E-state index in [1.54, 1.807) is 7.05 Å². The maximum atomic E-state index is 11.1. The summed E-state index contributed by atoms with van der Waals surface area (Å²) in [5.74, 6) is 0.299. The molecule has 0 spiro atoms. The van der Waals surface area contributed by atoms with Gasteiger partial charge in [-0.15, -0.1) is 0 Å². The van der Waals surface area contributed by atoms with Crippen LogP contribution in [0.15, 0.2) is 5.03 Å². The number of nitrogens with zero attached hydrogens (tertiary/aromatic N) is 2. The normalized spacial score (nSPS) is 12.1. The molecule has 7 nitrogen and oxygen atoms in total. The van der Waals surface area contributed by atoms with Crippen molar-refractivity contribution in [3.05, 3.63) is 5.02 Å². The van der Waals surface area contributed by atoms with E-state index in [0.29, 0.717) is 30.8 Å². The van der Waals surface area contributed by atoms with E-state index in [-0.39, 0.29) is 5.02 Å². The molecule has 1 heterocycles. The predicted molar refractivity (Wildman–Crippen MR) is 73.1 cm³/mol. The van der Waals surface area contributed by atoms with Crippen molar-refractivity contribution >= 4 is 36.4 Å². The fraction of sp³-hybridized carbons (Fsp3) is 0.667. The first-order valence-electron chi connectivity index (χ1n) is 5.44. The highest BCUT2D eigenvalue weighted by Gasteiger charge is 2.28. The second-order valence-corrected chi connectivity index (χ2v) is 6.28. The molecule has 1 aromatic rings. The fourth-order valence-electron chi connectivity index (χ4n) is 1.23. The number of ether oxygens (including phenoxy) is 2. The highest BCUT2D eigenvalue weighted by Crippen LogP contribution is 2.39. The van der Waals surface area contributed by atoms with Crippen molar-refractivity contribution in [3.8, 4) is 0 Å². The van der Waals surface area contributed by atoms with Crippen LogP contribution in [-0.2, 0) is 21.1 Å². The van der Waals surface area contributed by atoms with Gasteiger partial charge in [0.15, 0.2) is 5.44 Å². The molecule has 0 atom stereocenters. The third-order valence-corrected chi connectivity index (χ3v) is 4.55. The maximum Gasteiger partial charge on any atom is 0.377 e. The number of aryl methyl sites for hydroxylation is 1. The van der Waals surface area contributed by atoms with Crippen LogP contribution in [0, 0.1) is 0 Å². The lowest BCUT2D eigenvalue weighted by Crippen LogP contribution is -2.07. The average molecular weight is 331 g/mol. The molecule has 2 N–H and O–H groups in total. The summed E-state index contributed by atoms with van der Waals surface area (Å²) < 4.78 is 22.9. The van der Waals surface area contributed by atoms with Crippen LogP contribution < -0.4 is 5.44 Å². The molecular formula is C9H16ClN2O5PS. The smallest absolute Gasteiger partial charge is 0.377 e. The molecule has 0 radical (unpaired) electrons. The third-order valence-electron chi connectivity index (χ3n) is 2.05. The van der Waals surface area contributed by atoms with Crippen molar-refractivity contribution < 1.29 is 23.8 Å². The van der Waals surface area contributed by atoms with Crippen LogP contribution in [0.25, 0.3) is 0 Å². The van der Waals surface area contributed by atoms with E-state index < -0.39 is 13.0 Å². The largest absolute Gasteiger partial charge is 0.379 e. The Morgan fingerprint density at radius 3 is 2.58 bits per heavy atom. The summed E-state index contributed by atoms with van der Waals surface area (Å²) in [6, 6.07) is 0. The van der Waals surface area contributed by atoms with Gasteiger partial charge in [0.25, 0.3) is 0 Å². The summed E-state index contributed by atoms with van der Waals surface area (Å²) in [6.45, 7) is 3.48. The molecule has 0 amide bonds. The molecule has 1 rings (SSSR count).